The molecular weight excluding hydrogens is 126 g/mol. The SMILES string of the molecule is CC1=CC=C(C=O)CC=N1. The third-order valence-corrected chi connectivity index (χ3v) is 1.31. The molecule has 52 valence electrons. The molecule has 0 atom stereocenters. The Kier molecular flexibility index (Phi) is 2.15. The number of carbonyl (C=O) groups is 1. The molecule has 1 heterocycles. The van der Waals surface area contributed by atoms with E-state index in [1.807, 2.05) is 13.0 Å². The van der Waals surface area contributed by atoms with Crippen LogP contribution >= 0.6 is 0 Å². The maximum absolute atomic E-state index is 10.3. The van der Waals surface area contributed by atoms with E-state index in [4.69, 9.17) is 0 Å². The molecule has 1 rings (SSSR count). The van der Waals surface area contributed by atoms with E-state index in [2.05, 4.69) is 4.99 Å². The summed E-state index contributed by atoms with van der Waals surface area (Å²) >= 11 is 0. The van der Waals surface area contributed by atoms with E-state index in [1.165, 1.54) is 0 Å². The Morgan fingerprint density at radius 1 is 1.60 bits per heavy atom. The minimum Gasteiger partial charge on any atom is -0.298 e. The molecule has 1 aliphatic rings. The van der Waals surface area contributed by atoms with E-state index in [0.717, 1.165) is 17.6 Å². The quantitative estimate of drug-likeness (QED) is 0.501. The van der Waals surface area contributed by atoms with E-state index in [1.54, 1.807) is 12.3 Å². The van der Waals surface area contributed by atoms with Gasteiger partial charge in [-0.1, -0.05) is 6.08 Å². The molecule has 1 aliphatic heterocycles. The van der Waals surface area contributed by atoms with Crippen LogP contribution in [0.5, 0.6) is 0 Å². The van der Waals surface area contributed by atoms with Crippen LogP contribution in [-0.2, 0) is 4.79 Å². The van der Waals surface area contributed by atoms with Crippen molar-refractivity contribution in [2.24, 2.45) is 4.99 Å². The molecule has 0 saturated carbocycles. The zero-order valence-corrected chi connectivity index (χ0v) is 5.87. The van der Waals surface area contributed by atoms with E-state index in [9.17, 15) is 4.79 Å². The number of allylic oxidation sites excluding steroid dienone is 4. The van der Waals surface area contributed by atoms with Gasteiger partial charge in [0.05, 0.1) is 0 Å². The van der Waals surface area contributed by atoms with Gasteiger partial charge < -0.3 is 0 Å². The normalized spacial score (nSPS) is 17.3. The topological polar surface area (TPSA) is 29.4 Å². The Labute approximate surface area is 60.0 Å². The van der Waals surface area contributed by atoms with Crippen molar-refractivity contribution in [2.75, 3.05) is 0 Å². The molecular formula is C8H9NO. The molecule has 0 aliphatic carbocycles. The van der Waals surface area contributed by atoms with Crippen LogP contribution in [0.15, 0.2) is 28.4 Å². The third kappa shape index (κ3) is 1.65. The van der Waals surface area contributed by atoms with Crippen molar-refractivity contribution in [1.29, 1.82) is 0 Å². The van der Waals surface area contributed by atoms with Gasteiger partial charge in [-0.05, 0) is 18.6 Å². The number of aliphatic imine (C=N–C) groups is 1. The van der Waals surface area contributed by atoms with Crippen LogP contribution in [0.2, 0.25) is 0 Å². The molecule has 0 aromatic carbocycles. The monoisotopic (exact) mass is 135 g/mol. The van der Waals surface area contributed by atoms with Crippen LogP contribution < -0.4 is 0 Å². The fourth-order valence-electron chi connectivity index (χ4n) is 0.721. The van der Waals surface area contributed by atoms with Gasteiger partial charge in [-0.25, -0.2) is 0 Å². The van der Waals surface area contributed by atoms with Gasteiger partial charge in [-0.2, -0.15) is 0 Å². The van der Waals surface area contributed by atoms with Crippen molar-refractivity contribution in [2.45, 2.75) is 13.3 Å². The van der Waals surface area contributed by atoms with Crippen molar-refractivity contribution >= 4 is 12.5 Å². The lowest BCUT2D eigenvalue weighted by molar-refractivity contribution is -0.104. The summed E-state index contributed by atoms with van der Waals surface area (Å²) in [5.41, 5.74) is 1.72. The van der Waals surface area contributed by atoms with Crippen molar-refractivity contribution in [3.8, 4) is 0 Å². The van der Waals surface area contributed by atoms with Crippen LogP contribution in [0.25, 0.3) is 0 Å². The molecule has 0 aromatic rings. The first-order chi connectivity index (χ1) is 4.83. The summed E-state index contributed by atoms with van der Waals surface area (Å²) in [5.74, 6) is 0. The molecule has 10 heavy (non-hydrogen) atoms. The number of rotatable bonds is 1. The van der Waals surface area contributed by atoms with Crippen LogP contribution in [0.1, 0.15) is 13.3 Å². The van der Waals surface area contributed by atoms with Crippen molar-refractivity contribution in [3.63, 3.8) is 0 Å². The second-order valence-corrected chi connectivity index (χ2v) is 2.18. The maximum atomic E-state index is 10.3. The molecule has 0 unspecified atom stereocenters. The largest absolute Gasteiger partial charge is 0.298 e. The van der Waals surface area contributed by atoms with Crippen molar-refractivity contribution in [1.82, 2.24) is 0 Å². The zero-order valence-electron chi connectivity index (χ0n) is 5.87. The van der Waals surface area contributed by atoms with E-state index < -0.39 is 0 Å². The third-order valence-electron chi connectivity index (χ3n) is 1.31. The molecule has 0 aromatic heterocycles. The molecule has 0 N–H and O–H groups in total. The highest BCUT2D eigenvalue weighted by Gasteiger charge is 1.94. The summed E-state index contributed by atoms with van der Waals surface area (Å²) < 4.78 is 0. The average Bonchev–Trinajstić information content (AvgIpc) is 2.14. The second kappa shape index (κ2) is 3.11. The highest BCUT2D eigenvalue weighted by Crippen LogP contribution is 2.04. The van der Waals surface area contributed by atoms with Gasteiger partial charge in [0.15, 0.2) is 0 Å². The molecule has 0 spiro atoms. The summed E-state index contributed by atoms with van der Waals surface area (Å²) in [6, 6.07) is 0. The predicted octanol–water partition coefficient (Wildman–Crippen LogP) is 1.49. The van der Waals surface area contributed by atoms with Gasteiger partial charge in [0.25, 0.3) is 0 Å². The lowest BCUT2D eigenvalue weighted by atomic mass is 10.2. The standard InChI is InChI=1S/C8H9NO/c1-7-2-3-8(6-10)4-5-9-7/h2-3,5-6H,4H2,1H3. The fourth-order valence-corrected chi connectivity index (χ4v) is 0.721. The van der Waals surface area contributed by atoms with E-state index in [0.29, 0.717) is 6.42 Å². The van der Waals surface area contributed by atoms with E-state index >= 15 is 0 Å². The first-order valence-corrected chi connectivity index (χ1v) is 3.18. The van der Waals surface area contributed by atoms with Gasteiger partial charge in [0, 0.05) is 18.3 Å². The van der Waals surface area contributed by atoms with E-state index in [-0.39, 0.29) is 0 Å². The molecule has 2 nitrogen and oxygen atoms in total. The average molecular weight is 135 g/mol. The van der Waals surface area contributed by atoms with Crippen LogP contribution in [0.3, 0.4) is 0 Å². The Balaban J connectivity index is 2.83. The highest BCUT2D eigenvalue weighted by atomic mass is 16.1. The van der Waals surface area contributed by atoms with Crippen LogP contribution in [-0.4, -0.2) is 12.5 Å². The lowest BCUT2D eigenvalue weighted by Gasteiger charge is -1.84. The second-order valence-electron chi connectivity index (χ2n) is 2.18. The van der Waals surface area contributed by atoms with Crippen LogP contribution in [0, 0.1) is 0 Å². The van der Waals surface area contributed by atoms with Gasteiger partial charge in [-0.3, -0.25) is 9.79 Å². The van der Waals surface area contributed by atoms with Gasteiger partial charge in [0.1, 0.15) is 6.29 Å². The maximum Gasteiger partial charge on any atom is 0.146 e. The number of hydrogen-bond acceptors (Lipinski definition) is 2. The summed E-state index contributed by atoms with van der Waals surface area (Å²) in [4.78, 5) is 14.3. The smallest absolute Gasteiger partial charge is 0.146 e. The summed E-state index contributed by atoms with van der Waals surface area (Å²) in [6.45, 7) is 1.90. The number of carbonyl (C=O) groups excluding carboxylic acids is 1. The molecule has 2 heteroatoms. The van der Waals surface area contributed by atoms with Crippen molar-refractivity contribution in [3.05, 3.63) is 23.4 Å². The predicted molar refractivity (Wildman–Crippen MR) is 41.0 cm³/mol. The molecule has 0 fully saturated rings. The first kappa shape index (κ1) is 6.93. The molecule has 0 saturated heterocycles. The minimum atomic E-state index is 0.650. The summed E-state index contributed by atoms with van der Waals surface area (Å²) in [5, 5.41) is 0. The number of aldehydes is 1. The molecule has 0 amide bonds. The van der Waals surface area contributed by atoms with Crippen molar-refractivity contribution < 1.29 is 4.79 Å². The van der Waals surface area contributed by atoms with Gasteiger partial charge in [-0.15, -0.1) is 0 Å². The summed E-state index contributed by atoms with van der Waals surface area (Å²) in [7, 11) is 0. The molecule has 0 radical (unpaired) electrons. The Hall–Kier alpha value is -1.18. The Bertz CT molecular complexity index is 223. The Morgan fingerprint density at radius 3 is 3.10 bits per heavy atom. The summed E-state index contributed by atoms with van der Waals surface area (Å²) in [6.07, 6.45) is 6.90. The fraction of sp³-hybridized carbons (Fsp3) is 0.250. The van der Waals surface area contributed by atoms with Gasteiger partial charge >= 0.3 is 0 Å². The zero-order chi connectivity index (χ0) is 7.40. The number of nitrogens with zero attached hydrogens (tertiary/aromatic N) is 1. The van der Waals surface area contributed by atoms with Crippen LogP contribution in [0.4, 0.5) is 0 Å². The lowest BCUT2D eigenvalue weighted by Crippen LogP contribution is -1.82. The minimum absolute atomic E-state index is 0.650. The molecule has 0 bridgehead atoms. The first-order valence-electron chi connectivity index (χ1n) is 3.18. The number of hydrogen-bond donors (Lipinski definition) is 0. The van der Waals surface area contributed by atoms with Gasteiger partial charge in [0.2, 0.25) is 0 Å². The highest BCUT2D eigenvalue weighted by molar-refractivity contribution is 5.81. The Morgan fingerprint density at radius 2 is 2.40 bits per heavy atom.